The van der Waals surface area contributed by atoms with Gasteiger partial charge in [0.2, 0.25) is 11.8 Å². The van der Waals surface area contributed by atoms with Crippen LogP contribution in [0.1, 0.15) is 77.1 Å². The average molecular weight is 754 g/mol. The number of carbonyl (C=O) groups is 3. The van der Waals surface area contributed by atoms with Crippen LogP contribution in [0, 0.1) is 17.2 Å². The van der Waals surface area contributed by atoms with Gasteiger partial charge in [0.25, 0.3) is 5.91 Å². The maximum absolute atomic E-state index is 13.5. The van der Waals surface area contributed by atoms with Gasteiger partial charge in [0.1, 0.15) is 6.04 Å². The normalized spacial score (nSPS) is 21.9. The molecule has 0 aliphatic carbocycles. The van der Waals surface area contributed by atoms with Crippen LogP contribution in [0.25, 0.3) is 0 Å². The summed E-state index contributed by atoms with van der Waals surface area (Å²) in [5.41, 5.74) is 4.50. The molecule has 5 heterocycles. The van der Waals surface area contributed by atoms with Crippen LogP contribution in [0.15, 0.2) is 60.7 Å². The van der Waals surface area contributed by atoms with Crippen molar-refractivity contribution in [1.82, 2.24) is 15.1 Å². The Labute approximate surface area is 319 Å². The predicted molar refractivity (Wildman–Crippen MR) is 203 cm³/mol. The van der Waals surface area contributed by atoms with Gasteiger partial charge in [-0.2, -0.15) is 18.4 Å². The Morgan fingerprint density at radius 1 is 0.727 bits per heavy atom. The van der Waals surface area contributed by atoms with E-state index >= 15 is 0 Å². The van der Waals surface area contributed by atoms with Crippen LogP contribution in [0.4, 0.5) is 30.2 Å². The number of piperazine rings is 1. The summed E-state index contributed by atoms with van der Waals surface area (Å²) in [6, 6.07) is 19.9. The molecule has 5 aliphatic rings. The van der Waals surface area contributed by atoms with Crippen molar-refractivity contribution >= 4 is 34.8 Å². The highest BCUT2D eigenvalue weighted by molar-refractivity contribution is 6.05. The molecule has 3 aromatic rings. The number of piperidine rings is 3. The first-order valence-corrected chi connectivity index (χ1v) is 19.5. The molecule has 288 valence electrons. The van der Waals surface area contributed by atoms with Gasteiger partial charge >= 0.3 is 6.18 Å². The Kier molecular flexibility index (Phi) is 10.2. The minimum Gasteiger partial charge on any atom is -0.372 e. The van der Waals surface area contributed by atoms with E-state index in [0.29, 0.717) is 49.1 Å². The summed E-state index contributed by atoms with van der Waals surface area (Å²) in [5.74, 6) is 0.198. The van der Waals surface area contributed by atoms with Gasteiger partial charge in [-0.05, 0) is 104 Å². The molecule has 0 radical (unpaired) electrons. The van der Waals surface area contributed by atoms with Crippen LogP contribution < -0.4 is 20.0 Å². The summed E-state index contributed by atoms with van der Waals surface area (Å²) >= 11 is 0. The zero-order valence-electron chi connectivity index (χ0n) is 30.9. The largest absolute Gasteiger partial charge is 0.417 e. The lowest BCUT2D eigenvalue weighted by Crippen LogP contribution is -2.52. The number of amides is 3. The number of alkyl halides is 3. The number of imide groups is 1. The van der Waals surface area contributed by atoms with E-state index in [2.05, 4.69) is 50.3 Å². The van der Waals surface area contributed by atoms with E-state index in [1.54, 1.807) is 17.0 Å². The Bertz CT molecular complexity index is 1970. The van der Waals surface area contributed by atoms with Gasteiger partial charge in [-0.25, -0.2) is 0 Å². The number of nitrogens with one attached hydrogen (secondary N) is 1. The molecule has 0 spiro atoms. The van der Waals surface area contributed by atoms with Crippen LogP contribution in [-0.4, -0.2) is 92.5 Å². The van der Waals surface area contributed by atoms with E-state index in [1.807, 2.05) is 17.0 Å². The van der Waals surface area contributed by atoms with Gasteiger partial charge in [0.15, 0.2) is 0 Å². The number of halogens is 3. The second-order valence-electron chi connectivity index (χ2n) is 15.7. The van der Waals surface area contributed by atoms with Crippen LogP contribution >= 0.6 is 0 Å². The molecule has 4 fully saturated rings. The number of hydrogen-bond acceptors (Lipinski definition) is 8. The van der Waals surface area contributed by atoms with Gasteiger partial charge in [0.05, 0.1) is 17.2 Å². The number of anilines is 3. The fourth-order valence-electron chi connectivity index (χ4n) is 9.17. The Morgan fingerprint density at radius 3 is 2.02 bits per heavy atom. The molecule has 8 rings (SSSR count). The van der Waals surface area contributed by atoms with Gasteiger partial charge < -0.3 is 19.6 Å². The van der Waals surface area contributed by atoms with Crippen molar-refractivity contribution in [2.45, 2.75) is 63.2 Å². The lowest BCUT2D eigenvalue weighted by atomic mass is 9.88. The summed E-state index contributed by atoms with van der Waals surface area (Å²) < 4.78 is 40.5. The van der Waals surface area contributed by atoms with Crippen molar-refractivity contribution in [3.63, 3.8) is 0 Å². The number of benzene rings is 3. The number of hydrogen-bond donors (Lipinski definition) is 1. The minimum absolute atomic E-state index is 0.143. The average Bonchev–Trinajstić information content (AvgIpc) is 3.52. The van der Waals surface area contributed by atoms with Gasteiger partial charge in [0, 0.05) is 94.5 Å². The lowest BCUT2D eigenvalue weighted by molar-refractivity contribution is -0.138. The van der Waals surface area contributed by atoms with E-state index in [1.165, 1.54) is 17.3 Å². The van der Waals surface area contributed by atoms with E-state index < -0.39 is 17.8 Å². The van der Waals surface area contributed by atoms with Crippen molar-refractivity contribution in [2.24, 2.45) is 5.92 Å². The number of fused-ring (bicyclic) bond motifs is 1. The number of nitriles is 1. The maximum Gasteiger partial charge on any atom is 0.417 e. The molecule has 4 saturated heterocycles. The topological polar surface area (TPSA) is 103 Å². The Morgan fingerprint density at radius 2 is 1.35 bits per heavy atom. The van der Waals surface area contributed by atoms with E-state index in [0.717, 1.165) is 88.8 Å². The molecule has 10 nitrogen and oxygen atoms in total. The van der Waals surface area contributed by atoms with Gasteiger partial charge in [-0.1, -0.05) is 12.1 Å². The number of nitrogens with zero attached hydrogens (tertiary/aromatic N) is 6. The first-order valence-electron chi connectivity index (χ1n) is 19.5. The molecule has 1 unspecified atom stereocenters. The molecule has 0 bridgehead atoms. The quantitative estimate of drug-likeness (QED) is 0.304. The maximum atomic E-state index is 13.5. The fourth-order valence-corrected chi connectivity index (χ4v) is 9.17. The molecular formula is C42H46F3N7O3. The summed E-state index contributed by atoms with van der Waals surface area (Å²) in [5, 5.41) is 11.5. The molecule has 1 N–H and O–H groups in total. The Balaban J connectivity index is 0.774. The highest BCUT2D eigenvalue weighted by atomic mass is 19.4. The summed E-state index contributed by atoms with van der Waals surface area (Å²) in [4.78, 5) is 48.2. The van der Waals surface area contributed by atoms with Crippen molar-refractivity contribution in [2.75, 3.05) is 73.6 Å². The molecule has 3 amide bonds. The van der Waals surface area contributed by atoms with Crippen molar-refractivity contribution < 1.29 is 27.6 Å². The summed E-state index contributed by atoms with van der Waals surface area (Å²) in [7, 11) is 0. The fraction of sp³-hybridized carbons (Fsp3) is 0.476. The van der Waals surface area contributed by atoms with Crippen molar-refractivity contribution in [3.8, 4) is 6.07 Å². The molecule has 5 aliphatic heterocycles. The highest BCUT2D eigenvalue weighted by Crippen LogP contribution is 2.37. The van der Waals surface area contributed by atoms with E-state index in [4.69, 9.17) is 5.26 Å². The van der Waals surface area contributed by atoms with Crippen LogP contribution in [0.2, 0.25) is 0 Å². The van der Waals surface area contributed by atoms with Gasteiger partial charge in [-0.15, -0.1) is 0 Å². The second-order valence-corrected chi connectivity index (χ2v) is 15.7. The minimum atomic E-state index is -4.56. The third-order valence-corrected chi connectivity index (χ3v) is 12.4. The van der Waals surface area contributed by atoms with Crippen molar-refractivity contribution in [3.05, 3.63) is 88.5 Å². The molecule has 55 heavy (non-hydrogen) atoms. The first-order chi connectivity index (χ1) is 26.5. The highest BCUT2D eigenvalue weighted by Gasteiger charge is 2.39. The molecule has 1 atom stereocenters. The zero-order valence-corrected chi connectivity index (χ0v) is 30.9. The molecular weight excluding hydrogens is 708 g/mol. The second kappa shape index (κ2) is 15.2. The standard InChI is InChI=1S/C42H46F3N7O3/c43-42(44,45)37-24-35(6-3-31(37)25-46)50-17-13-30(14-18-50)29-1-4-33(5-2-29)49-15-11-28(12-16-49)26-48-19-21-51(22-20-48)34-7-8-36-32(23-34)27-52(41(36)55)38-9-10-39(53)47-40(38)54/h1-8,23-24,28,30,38H,9-22,26-27H2,(H,47,53,54). The molecule has 13 heteroatoms. The number of rotatable bonds is 7. The number of carbonyl (C=O) groups excluding carboxylic acids is 3. The predicted octanol–water partition coefficient (Wildman–Crippen LogP) is 5.76. The van der Waals surface area contributed by atoms with E-state index in [9.17, 15) is 27.6 Å². The molecule has 3 aromatic carbocycles. The van der Waals surface area contributed by atoms with Crippen LogP contribution in [-0.2, 0) is 22.3 Å². The summed E-state index contributed by atoms with van der Waals surface area (Å²) in [6.45, 7) is 8.68. The third-order valence-electron chi connectivity index (χ3n) is 12.4. The van der Waals surface area contributed by atoms with Gasteiger partial charge in [-0.3, -0.25) is 24.6 Å². The molecule has 0 aromatic heterocycles. The first kappa shape index (κ1) is 36.9. The van der Waals surface area contributed by atoms with Crippen molar-refractivity contribution in [1.29, 1.82) is 5.26 Å². The molecule has 0 saturated carbocycles. The smallest absolute Gasteiger partial charge is 0.372 e. The summed E-state index contributed by atoms with van der Waals surface area (Å²) in [6.07, 6.45) is 0.0670. The monoisotopic (exact) mass is 753 g/mol. The SMILES string of the molecule is N#Cc1ccc(N2CCC(c3ccc(N4CCC(CN5CCN(c6ccc7c(c6)CN(C6CCC(=O)NC6=O)C7=O)CC5)CC4)cc3)CC2)cc1C(F)(F)F. The third kappa shape index (κ3) is 7.74. The zero-order chi connectivity index (χ0) is 38.3. The Hall–Kier alpha value is -5.09. The van der Waals surface area contributed by atoms with Crippen LogP contribution in [0.3, 0.4) is 0 Å². The lowest BCUT2D eigenvalue weighted by Gasteiger charge is -2.40. The van der Waals surface area contributed by atoms with Crippen LogP contribution in [0.5, 0.6) is 0 Å². The van der Waals surface area contributed by atoms with E-state index in [-0.39, 0.29) is 29.7 Å².